The van der Waals surface area contributed by atoms with Gasteiger partial charge in [0.1, 0.15) is 18.2 Å². The van der Waals surface area contributed by atoms with Gasteiger partial charge in [-0.2, -0.15) is 4.98 Å². The van der Waals surface area contributed by atoms with E-state index in [0.717, 1.165) is 11.1 Å². The summed E-state index contributed by atoms with van der Waals surface area (Å²) in [4.78, 5) is 37.2. The standard InChI is InChI=1S/C24H23N7O2/c1-15(16-5-3-2-4-6-16)27-24-25-12-11-21(30-24)31-14-26-19-13-17(7-9-20(19)31)28-23(33)18-8-10-22(32)29-18/h2-7,9,11-15,18H,8,10H2,1H3,(H,28,33)(H,29,32)(H,25,27,30)/t15-,18+/m0/s1. The summed E-state index contributed by atoms with van der Waals surface area (Å²) in [5, 5.41) is 8.86. The minimum absolute atomic E-state index is 0.0526. The number of amides is 2. The van der Waals surface area contributed by atoms with Crippen LogP contribution >= 0.6 is 0 Å². The zero-order chi connectivity index (χ0) is 22.8. The van der Waals surface area contributed by atoms with E-state index in [4.69, 9.17) is 0 Å². The molecule has 2 atom stereocenters. The number of hydrogen-bond donors (Lipinski definition) is 3. The first-order valence-corrected chi connectivity index (χ1v) is 10.8. The molecule has 1 saturated heterocycles. The number of rotatable bonds is 6. The van der Waals surface area contributed by atoms with Crippen LogP contribution in [0.25, 0.3) is 16.9 Å². The summed E-state index contributed by atoms with van der Waals surface area (Å²) in [5.41, 5.74) is 3.34. The quantitative estimate of drug-likeness (QED) is 0.423. The zero-order valence-corrected chi connectivity index (χ0v) is 18.0. The SMILES string of the molecule is C[C@H](Nc1nccc(-n2cnc3cc(NC(=O)[C@H]4CCC(=O)N4)ccc32)n1)c1ccccc1. The molecule has 3 N–H and O–H groups in total. The van der Waals surface area contributed by atoms with E-state index in [2.05, 4.69) is 50.0 Å². The lowest BCUT2D eigenvalue weighted by atomic mass is 10.1. The molecule has 0 spiro atoms. The second-order valence-electron chi connectivity index (χ2n) is 7.98. The Morgan fingerprint density at radius 3 is 2.79 bits per heavy atom. The van der Waals surface area contributed by atoms with Crippen molar-refractivity contribution in [1.82, 2.24) is 24.8 Å². The smallest absolute Gasteiger partial charge is 0.246 e. The highest BCUT2D eigenvalue weighted by Gasteiger charge is 2.27. The normalized spacial score (nSPS) is 16.4. The van der Waals surface area contributed by atoms with E-state index in [1.165, 1.54) is 0 Å². The third-order valence-corrected chi connectivity index (χ3v) is 5.66. The fourth-order valence-electron chi connectivity index (χ4n) is 3.88. The van der Waals surface area contributed by atoms with Crippen LogP contribution in [0.2, 0.25) is 0 Å². The number of hydrogen-bond acceptors (Lipinski definition) is 6. The first-order chi connectivity index (χ1) is 16.1. The van der Waals surface area contributed by atoms with Crippen LogP contribution in [0.5, 0.6) is 0 Å². The Bertz CT molecular complexity index is 1320. The first-order valence-electron chi connectivity index (χ1n) is 10.8. The summed E-state index contributed by atoms with van der Waals surface area (Å²) in [6.07, 6.45) is 4.29. The van der Waals surface area contributed by atoms with Crippen molar-refractivity contribution in [2.24, 2.45) is 0 Å². The third-order valence-electron chi connectivity index (χ3n) is 5.66. The number of nitrogens with one attached hydrogen (secondary N) is 3. The van der Waals surface area contributed by atoms with Crippen LogP contribution in [0, 0.1) is 0 Å². The van der Waals surface area contributed by atoms with Gasteiger partial charge >= 0.3 is 0 Å². The van der Waals surface area contributed by atoms with Crippen LogP contribution in [0.3, 0.4) is 0 Å². The van der Waals surface area contributed by atoms with Crippen LogP contribution < -0.4 is 16.0 Å². The van der Waals surface area contributed by atoms with E-state index in [0.29, 0.717) is 35.8 Å². The number of anilines is 2. The summed E-state index contributed by atoms with van der Waals surface area (Å²) in [7, 11) is 0. The van der Waals surface area contributed by atoms with Crippen LogP contribution in [-0.2, 0) is 9.59 Å². The Balaban J connectivity index is 1.34. The van der Waals surface area contributed by atoms with E-state index < -0.39 is 6.04 Å². The predicted molar refractivity (Wildman–Crippen MR) is 125 cm³/mol. The van der Waals surface area contributed by atoms with Gasteiger partial charge in [-0.3, -0.25) is 14.2 Å². The summed E-state index contributed by atoms with van der Waals surface area (Å²) >= 11 is 0. The Hall–Kier alpha value is -4.27. The third kappa shape index (κ3) is 4.38. The summed E-state index contributed by atoms with van der Waals surface area (Å²) < 4.78 is 1.87. The van der Waals surface area contributed by atoms with E-state index >= 15 is 0 Å². The molecule has 1 fully saturated rings. The topological polar surface area (TPSA) is 114 Å². The van der Waals surface area contributed by atoms with E-state index in [9.17, 15) is 9.59 Å². The highest BCUT2D eigenvalue weighted by Crippen LogP contribution is 2.23. The Kier molecular flexibility index (Phi) is 5.43. The minimum Gasteiger partial charge on any atom is -0.348 e. The number of carbonyl (C=O) groups excluding carboxylic acids is 2. The van der Waals surface area contributed by atoms with Gasteiger partial charge in [0, 0.05) is 18.3 Å². The Morgan fingerprint density at radius 2 is 2.00 bits per heavy atom. The van der Waals surface area contributed by atoms with Gasteiger partial charge < -0.3 is 16.0 Å². The maximum absolute atomic E-state index is 12.4. The second-order valence-corrected chi connectivity index (χ2v) is 7.98. The van der Waals surface area contributed by atoms with Gasteiger partial charge in [-0.05, 0) is 43.2 Å². The molecule has 33 heavy (non-hydrogen) atoms. The molecular formula is C24H23N7O2. The molecule has 0 aliphatic carbocycles. The van der Waals surface area contributed by atoms with Crippen molar-refractivity contribution in [2.45, 2.75) is 31.8 Å². The molecule has 3 heterocycles. The van der Waals surface area contributed by atoms with Gasteiger partial charge in [0.05, 0.1) is 17.1 Å². The molecule has 166 valence electrons. The van der Waals surface area contributed by atoms with Crippen molar-refractivity contribution in [2.75, 3.05) is 10.6 Å². The average molecular weight is 441 g/mol. The van der Waals surface area contributed by atoms with Crippen molar-refractivity contribution in [3.05, 3.63) is 72.7 Å². The second kappa shape index (κ2) is 8.70. The number of imidazole rings is 1. The van der Waals surface area contributed by atoms with Crippen LogP contribution in [0.4, 0.5) is 11.6 Å². The van der Waals surface area contributed by atoms with Crippen molar-refractivity contribution in [1.29, 1.82) is 0 Å². The van der Waals surface area contributed by atoms with Crippen LogP contribution in [0.1, 0.15) is 31.4 Å². The number of fused-ring (bicyclic) bond motifs is 1. The average Bonchev–Trinajstić information content (AvgIpc) is 3.46. The predicted octanol–water partition coefficient (Wildman–Crippen LogP) is 3.21. The molecule has 0 bridgehead atoms. The lowest BCUT2D eigenvalue weighted by Crippen LogP contribution is -2.37. The molecular weight excluding hydrogens is 418 g/mol. The first kappa shape index (κ1) is 20.6. The van der Waals surface area contributed by atoms with Crippen molar-refractivity contribution in [3.63, 3.8) is 0 Å². The highest BCUT2D eigenvalue weighted by molar-refractivity contribution is 6.00. The van der Waals surface area contributed by atoms with Gasteiger partial charge in [-0.25, -0.2) is 9.97 Å². The largest absolute Gasteiger partial charge is 0.348 e. The van der Waals surface area contributed by atoms with Gasteiger partial charge in [-0.15, -0.1) is 0 Å². The molecule has 9 nitrogen and oxygen atoms in total. The fourth-order valence-corrected chi connectivity index (χ4v) is 3.88. The lowest BCUT2D eigenvalue weighted by Gasteiger charge is -2.14. The molecule has 9 heteroatoms. The monoisotopic (exact) mass is 441 g/mol. The maximum Gasteiger partial charge on any atom is 0.246 e. The van der Waals surface area contributed by atoms with Crippen molar-refractivity contribution in [3.8, 4) is 5.82 Å². The molecule has 2 aromatic carbocycles. The van der Waals surface area contributed by atoms with Crippen LogP contribution in [-0.4, -0.2) is 37.4 Å². The molecule has 1 aliphatic heterocycles. The Morgan fingerprint density at radius 1 is 1.15 bits per heavy atom. The van der Waals surface area contributed by atoms with E-state index in [1.54, 1.807) is 18.6 Å². The number of aromatic nitrogens is 4. The summed E-state index contributed by atoms with van der Waals surface area (Å²) in [5.74, 6) is 0.883. The summed E-state index contributed by atoms with van der Waals surface area (Å²) in [6, 6.07) is 17.0. The maximum atomic E-state index is 12.4. The molecule has 5 rings (SSSR count). The van der Waals surface area contributed by atoms with Crippen molar-refractivity contribution < 1.29 is 9.59 Å². The molecule has 0 radical (unpaired) electrons. The van der Waals surface area contributed by atoms with Gasteiger partial charge in [-0.1, -0.05) is 30.3 Å². The van der Waals surface area contributed by atoms with E-state index in [1.807, 2.05) is 41.0 Å². The molecule has 4 aromatic rings. The zero-order valence-electron chi connectivity index (χ0n) is 18.0. The van der Waals surface area contributed by atoms with E-state index in [-0.39, 0.29) is 17.9 Å². The molecule has 0 unspecified atom stereocenters. The minimum atomic E-state index is -0.490. The molecule has 1 aliphatic rings. The molecule has 2 amide bonds. The highest BCUT2D eigenvalue weighted by atomic mass is 16.2. The molecule has 0 saturated carbocycles. The Labute approximate surface area is 190 Å². The van der Waals surface area contributed by atoms with Gasteiger partial charge in [0.25, 0.3) is 0 Å². The number of nitrogens with zero attached hydrogens (tertiary/aromatic N) is 4. The fraction of sp³-hybridized carbons (Fsp3) is 0.208. The number of benzene rings is 2. The number of carbonyl (C=O) groups is 2. The lowest BCUT2D eigenvalue weighted by molar-refractivity contribution is -0.122. The van der Waals surface area contributed by atoms with Gasteiger partial charge in [0.15, 0.2) is 0 Å². The van der Waals surface area contributed by atoms with Gasteiger partial charge in [0.2, 0.25) is 17.8 Å². The molecule has 2 aromatic heterocycles. The summed E-state index contributed by atoms with van der Waals surface area (Å²) in [6.45, 7) is 2.06. The van der Waals surface area contributed by atoms with Crippen LogP contribution in [0.15, 0.2) is 67.1 Å². The van der Waals surface area contributed by atoms with Crippen molar-refractivity contribution >= 4 is 34.5 Å².